The van der Waals surface area contributed by atoms with Gasteiger partial charge in [0.15, 0.2) is 11.2 Å². The highest BCUT2D eigenvalue weighted by Gasteiger charge is 2.08. The van der Waals surface area contributed by atoms with Crippen LogP contribution in [0, 0.1) is 0 Å². The Hall–Kier alpha value is -1.89. The maximum Gasteiger partial charge on any atom is 0.278 e. The van der Waals surface area contributed by atoms with E-state index in [0.29, 0.717) is 30.9 Å². The average molecular weight is 223 g/mol. The molecule has 2 rings (SSSR count). The van der Waals surface area contributed by atoms with Gasteiger partial charge in [0.25, 0.3) is 5.56 Å². The first kappa shape index (κ1) is 10.6. The van der Waals surface area contributed by atoms with Crippen LogP contribution < -0.4 is 11.3 Å². The molecular weight excluding hydrogens is 210 g/mol. The van der Waals surface area contributed by atoms with E-state index in [1.165, 1.54) is 0 Å². The minimum Gasteiger partial charge on any atom is -0.380 e. The van der Waals surface area contributed by atoms with E-state index in [0.717, 1.165) is 0 Å². The molecule has 86 valence electrons. The zero-order chi connectivity index (χ0) is 11.5. The molecule has 0 aromatic carbocycles. The zero-order valence-corrected chi connectivity index (χ0v) is 8.93. The monoisotopic (exact) mass is 223 g/mol. The van der Waals surface area contributed by atoms with Gasteiger partial charge in [-0.3, -0.25) is 9.78 Å². The quantitative estimate of drug-likeness (QED) is 0.695. The van der Waals surface area contributed by atoms with Crippen LogP contribution in [-0.2, 0) is 11.3 Å². The lowest BCUT2D eigenvalue weighted by molar-refractivity contribution is 0.140. The van der Waals surface area contributed by atoms with Crippen molar-refractivity contribution in [1.82, 2.24) is 19.5 Å². The molecule has 16 heavy (non-hydrogen) atoms. The average Bonchev–Trinajstić information content (AvgIpc) is 2.62. The topological polar surface area (TPSA) is 98.8 Å². The number of rotatable bonds is 4. The summed E-state index contributed by atoms with van der Waals surface area (Å²) in [7, 11) is 0. The van der Waals surface area contributed by atoms with Crippen molar-refractivity contribution in [2.75, 3.05) is 18.9 Å². The maximum atomic E-state index is 11.6. The molecule has 2 aromatic rings. The van der Waals surface area contributed by atoms with Crippen molar-refractivity contribution in [1.29, 1.82) is 0 Å². The third-order valence-electron chi connectivity index (χ3n) is 2.18. The van der Waals surface area contributed by atoms with Crippen LogP contribution in [0.3, 0.4) is 0 Å². The molecule has 0 spiro atoms. The largest absolute Gasteiger partial charge is 0.380 e. The van der Waals surface area contributed by atoms with E-state index >= 15 is 0 Å². The van der Waals surface area contributed by atoms with Gasteiger partial charge in [-0.05, 0) is 6.92 Å². The summed E-state index contributed by atoms with van der Waals surface area (Å²) in [6, 6.07) is 0. The van der Waals surface area contributed by atoms with E-state index in [-0.39, 0.29) is 11.5 Å². The third-order valence-corrected chi connectivity index (χ3v) is 2.18. The van der Waals surface area contributed by atoms with Gasteiger partial charge < -0.3 is 15.0 Å². The summed E-state index contributed by atoms with van der Waals surface area (Å²) in [5.41, 5.74) is 5.92. The predicted octanol–water partition coefficient (Wildman–Crippen LogP) is -0.262. The molecule has 7 heteroatoms. The molecule has 0 saturated carbocycles. The lowest BCUT2D eigenvalue weighted by Crippen LogP contribution is -2.15. The van der Waals surface area contributed by atoms with Crippen molar-refractivity contribution in [3.63, 3.8) is 0 Å². The molecule has 0 bridgehead atoms. The Morgan fingerprint density at radius 3 is 3.19 bits per heavy atom. The number of ether oxygens (including phenoxy) is 1. The molecule has 0 aliphatic rings. The lowest BCUT2D eigenvalue weighted by Gasteiger charge is -2.03. The summed E-state index contributed by atoms with van der Waals surface area (Å²) in [5.74, 6) is 0.0764. The number of nitrogens with zero attached hydrogens (tertiary/aromatic N) is 3. The minimum absolute atomic E-state index is 0.0764. The molecular formula is C9H13N5O2. The first-order chi connectivity index (χ1) is 7.72. The Kier molecular flexibility index (Phi) is 2.86. The summed E-state index contributed by atoms with van der Waals surface area (Å²) in [6.45, 7) is 3.67. The number of nitrogens with one attached hydrogen (secondary N) is 1. The van der Waals surface area contributed by atoms with Crippen molar-refractivity contribution in [2.45, 2.75) is 13.5 Å². The van der Waals surface area contributed by atoms with Crippen molar-refractivity contribution in [3.05, 3.63) is 16.7 Å². The highest BCUT2D eigenvalue weighted by atomic mass is 16.5. The van der Waals surface area contributed by atoms with Crippen LogP contribution in [0.4, 0.5) is 5.95 Å². The second-order valence-corrected chi connectivity index (χ2v) is 3.26. The molecule has 0 fully saturated rings. The summed E-state index contributed by atoms with van der Waals surface area (Å²) >= 11 is 0. The molecule has 0 unspecified atom stereocenters. The predicted molar refractivity (Wildman–Crippen MR) is 59.1 cm³/mol. The van der Waals surface area contributed by atoms with Crippen LogP contribution in [-0.4, -0.2) is 32.7 Å². The zero-order valence-electron chi connectivity index (χ0n) is 8.93. The Morgan fingerprint density at radius 2 is 2.44 bits per heavy atom. The standard InChI is InChI=1S/C9H13N5O2/c1-2-16-4-3-14-5-11-7-6(14)8(15)13-9(10)12-7/h5H,2-4H2,1H3,(H3,10,12,13,15). The molecule has 2 aromatic heterocycles. The number of anilines is 1. The van der Waals surface area contributed by atoms with Gasteiger partial charge in [-0.25, -0.2) is 4.98 Å². The summed E-state index contributed by atoms with van der Waals surface area (Å²) in [4.78, 5) is 22.0. The van der Waals surface area contributed by atoms with Crippen LogP contribution in [0.15, 0.2) is 11.1 Å². The van der Waals surface area contributed by atoms with Crippen LogP contribution in [0.25, 0.3) is 11.2 Å². The van der Waals surface area contributed by atoms with Crippen LogP contribution >= 0.6 is 0 Å². The number of H-pyrrole nitrogens is 1. The Labute approximate surface area is 91.3 Å². The highest BCUT2D eigenvalue weighted by molar-refractivity contribution is 5.70. The van der Waals surface area contributed by atoms with E-state index in [1.807, 2.05) is 6.92 Å². The van der Waals surface area contributed by atoms with E-state index in [2.05, 4.69) is 15.0 Å². The van der Waals surface area contributed by atoms with Crippen LogP contribution in [0.5, 0.6) is 0 Å². The third kappa shape index (κ3) is 1.89. The fraction of sp³-hybridized carbons (Fsp3) is 0.444. The van der Waals surface area contributed by atoms with Crippen molar-refractivity contribution in [3.8, 4) is 0 Å². The van der Waals surface area contributed by atoms with Gasteiger partial charge in [-0.2, -0.15) is 4.98 Å². The first-order valence-corrected chi connectivity index (χ1v) is 5.00. The number of imidazole rings is 1. The minimum atomic E-state index is -0.281. The van der Waals surface area contributed by atoms with Gasteiger partial charge in [0.1, 0.15) is 0 Å². The smallest absolute Gasteiger partial charge is 0.278 e. The van der Waals surface area contributed by atoms with Crippen LogP contribution in [0.2, 0.25) is 0 Å². The normalized spacial score (nSPS) is 11.1. The Morgan fingerprint density at radius 1 is 1.62 bits per heavy atom. The molecule has 2 heterocycles. The summed E-state index contributed by atoms with van der Waals surface area (Å²) < 4.78 is 6.92. The van der Waals surface area contributed by atoms with Gasteiger partial charge in [-0.1, -0.05) is 0 Å². The summed E-state index contributed by atoms with van der Waals surface area (Å²) in [5, 5.41) is 0. The van der Waals surface area contributed by atoms with Gasteiger partial charge in [0, 0.05) is 13.2 Å². The SMILES string of the molecule is CCOCCn1cnc2nc(N)[nH]c(=O)c21. The van der Waals surface area contributed by atoms with Gasteiger partial charge in [0.2, 0.25) is 5.95 Å². The molecule has 0 radical (unpaired) electrons. The molecule has 7 nitrogen and oxygen atoms in total. The van der Waals surface area contributed by atoms with Crippen molar-refractivity contribution >= 4 is 17.1 Å². The molecule has 0 aliphatic heterocycles. The van der Waals surface area contributed by atoms with Crippen LogP contribution in [0.1, 0.15) is 6.92 Å². The van der Waals surface area contributed by atoms with E-state index in [4.69, 9.17) is 10.5 Å². The maximum absolute atomic E-state index is 11.6. The number of aromatic amines is 1. The first-order valence-electron chi connectivity index (χ1n) is 5.00. The number of fused-ring (bicyclic) bond motifs is 1. The molecule has 0 atom stereocenters. The molecule has 0 saturated heterocycles. The van der Waals surface area contributed by atoms with E-state index < -0.39 is 0 Å². The van der Waals surface area contributed by atoms with E-state index in [9.17, 15) is 4.79 Å². The number of nitrogens with two attached hydrogens (primary N) is 1. The molecule has 0 amide bonds. The van der Waals surface area contributed by atoms with Gasteiger partial charge in [-0.15, -0.1) is 0 Å². The number of nitrogen functional groups attached to an aromatic ring is 1. The lowest BCUT2D eigenvalue weighted by atomic mass is 10.5. The summed E-state index contributed by atoms with van der Waals surface area (Å²) in [6.07, 6.45) is 1.56. The number of hydrogen-bond donors (Lipinski definition) is 2. The number of hydrogen-bond acceptors (Lipinski definition) is 5. The second kappa shape index (κ2) is 4.31. The van der Waals surface area contributed by atoms with Crippen molar-refractivity contribution in [2.24, 2.45) is 0 Å². The molecule has 3 N–H and O–H groups in total. The highest BCUT2D eigenvalue weighted by Crippen LogP contribution is 2.05. The fourth-order valence-corrected chi connectivity index (χ4v) is 1.48. The second-order valence-electron chi connectivity index (χ2n) is 3.26. The number of aromatic nitrogens is 4. The van der Waals surface area contributed by atoms with E-state index in [1.54, 1.807) is 10.9 Å². The van der Waals surface area contributed by atoms with Gasteiger partial charge in [0.05, 0.1) is 12.9 Å². The van der Waals surface area contributed by atoms with Crippen molar-refractivity contribution < 1.29 is 4.74 Å². The fourth-order valence-electron chi connectivity index (χ4n) is 1.48. The Bertz CT molecular complexity index is 544. The molecule has 0 aliphatic carbocycles. The Balaban J connectivity index is 2.37. The van der Waals surface area contributed by atoms with Gasteiger partial charge >= 0.3 is 0 Å².